The summed E-state index contributed by atoms with van der Waals surface area (Å²) in [6, 6.07) is 8.04. The van der Waals surface area contributed by atoms with Gasteiger partial charge in [-0.15, -0.1) is 0 Å². The molecule has 3 aliphatic rings. The van der Waals surface area contributed by atoms with Crippen molar-refractivity contribution in [1.29, 1.82) is 0 Å². The summed E-state index contributed by atoms with van der Waals surface area (Å²) in [6.45, 7) is 5.75. The van der Waals surface area contributed by atoms with Gasteiger partial charge in [0.2, 0.25) is 5.91 Å². The second kappa shape index (κ2) is 9.53. The molecule has 7 heteroatoms. The molecule has 1 aromatic carbocycles. The predicted octanol–water partition coefficient (Wildman–Crippen LogP) is 2.75. The van der Waals surface area contributed by atoms with Crippen LogP contribution < -0.4 is 5.32 Å². The molecular formula is C25H33N3O4. The van der Waals surface area contributed by atoms with Crippen molar-refractivity contribution in [2.45, 2.75) is 46.0 Å². The monoisotopic (exact) mass is 439 g/mol. The maximum absolute atomic E-state index is 11.9. The Balaban J connectivity index is 1.47. The third-order valence-corrected chi connectivity index (χ3v) is 7.93. The molecule has 2 aliphatic carbocycles. The molecule has 2 saturated carbocycles. The van der Waals surface area contributed by atoms with Gasteiger partial charge in [-0.25, -0.2) is 0 Å². The van der Waals surface area contributed by atoms with Crippen molar-refractivity contribution >= 4 is 23.8 Å². The number of carbonyl (C=O) groups is 2. The average Bonchev–Trinajstić information content (AvgIpc) is 3.33. The van der Waals surface area contributed by atoms with Crippen LogP contribution in [-0.2, 0) is 20.7 Å². The van der Waals surface area contributed by atoms with Crippen LogP contribution in [0.25, 0.3) is 0 Å². The molecule has 0 spiro atoms. The molecule has 0 aromatic heterocycles. The van der Waals surface area contributed by atoms with E-state index in [1.165, 1.54) is 0 Å². The van der Waals surface area contributed by atoms with Crippen molar-refractivity contribution in [3.63, 3.8) is 0 Å². The molecule has 0 radical (unpaired) electrons. The van der Waals surface area contributed by atoms with Crippen molar-refractivity contribution in [3.8, 4) is 0 Å². The van der Waals surface area contributed by atoms with Crippen LogP contribution in [0, 0.1) is 29.1 Å². The number of nitrogens with one attached hydrogen (secondary N) is 1. The molecule has 1 heterocycles. The second-order valence-corrected chi connectivity index (χ2v) is 9.65. The molecule has 7 nitrogen and oxygen atoms in total. The van der Waals surface area contributed by atoms with Gasteiger partial charge in [-0.3, -0.25) is 9.59 Å². The summed E-state index contributed by atoms with van der Waals surface area (Å²) in [6.07, 6.45) is 4.65. The van der Waals surface area contributed by atoms with Crippen LogP contribution in [0.5, 0.6) is 0 Å². The summed E-state index contributed by atoms with van der Waals surface area (Å²) in [5, 5.41) is 20.7. The number of aliphatic hydroxyl groups is 1. The lowest BCUT2D eigenvalue weighted by Gasteiger charge is -2.33. The van der Waals surface area contributed by atoms with Crippen LogP contribution in [0.3, 0.4) is 0 Å². The van der Waals surface area contributed by atoms with E-state index >= 15 is 0 Å². The predicted molar refractivity (Wildman–Crippen MR) is 122 cm³/mol. The van der Waals surface area contributed by atoms with E-state index < -0.39 is 0 Å². The lowest BCUT2D eigenvalue weighted by Crippen LogP contribution is -2.34. The van der Waals surface area contributed by atoms with Crippen molar-refractivity contribution in [1.82, 2.24) is 5.32 Å². The van der Waals surface area contributed by atoms with E-state index in [4.69, 9.17) is 9.84 Å². The van der Waals surface area contributed by atoms with Gasteiger partial charge in [0, 0.05) is 30.0 Å². The van der Waals surface area contributed by atoms with Crippen LogP contribution >= 0.6 is 0 Å². The van der Waals surface area contributed by atoms with E-state index in [1.807, 2.05) is 24.3 Å². The number of fused-ring (bicyclic) bond motifs is 2. The van der Waals surface area contributed by atoms with Gasteiger partial charge in [0.05, 0.1) is 25.3 Å². The first-order chi connectivity index (χ1) is 15.5. The number of ether oxygens (including phenoxy) is 1. The van der Waals surface area contributed by atoms with Gasteiger partial charge < -0.3 is 15.2 Å². The van der Waals surface area contributed by atoms with Gasteiger partial charge >= 0.3 is 0 Å². The number of hydrogen-bond acceptors (Lipinski definition) is 6. The number of rotatable bonds is 8. The van der Waals surface area contributed by atoms with Crippen LogP contribution in [0.1, 0.15) is 50.7 Å². The van der Waals surface area contributed by atoms with Crippen LogP contribution in [0.4, 0.5) is 0 Å². The van der Waals surface area contributed by atoms with E-state index in [1.54, 1.807) is 0 Å². The zero-order chi connectivity index (χ0) is 22.7. The highest BCUT2D eigenvalue weighted by molar-refractivity contribution is 6.06. The Morgan fingerprint density at radius 3 is 2.72 bits per heavy atom. The fraction of sp³-hybridized carbons (Fsp3) is 0.600. The van der Waals surface area contributed by atoms with Crippen molar-refractivity contribution in [3.05, 3.63) is 35.4 Å². The van der Waals surface area contributed by atoms with Crippen LogP contribution in [-0.4, -0.2) is 48.7 Å². The average molecular weight is 440 g/mol. The number of carbonyl (C=O) groups excluding carboxylic acids is 2. The van der Waals surface area contributed by atoms with Gasteiger partial charge in [0.15, 0.2) is 0 Å². The SMILES string of the molecule is CC1=NN=C(c2ccc(CC(=O)NCCO)cc2)C2CCC3C(COC=O)[C@]3(C)CCC12. The summed E-state index contributed by atoms with van der Waals surface area (Å²) in [4.78, 5) is 22.6. The normalized spacial score (nSPS) is 31.1. The number of hydrogen-bond donors (Lipinski definition) is 2. The Kier molecular flexibility index (Phi) is 6.74. The minimum absolute atomic E-state index is 0.0577. The zero-order valence-corrected chi connectivity index (χ0v) is 18.9. The maximum atomic E-state index is 11.9. The first kappa shape index (κ1) is 22.6. The minimum atomic E-state index is -0.0947. The highest BCUT2D eigenvalue weighted by Gasteiger charge is 2.61. The minimum Gasteiger partial charge on any atom is -0.468 e. The van der Waals surface area contributed by atoms with E-state index in [2.05, 4.69) is 29.4 Å². The highest BCUT2D eigenvalue weighted by atomic mass is 16.5. The molecule has 0 saturated heterocycles. The lowest BCUT2D eigenvalue weighted by atomic mass is 9.73. The molecule has 2 fully saturated rings. The Bertz CT molecular complexity index is 910. The number of nitrogens with zero attached hydrogens (tertiary/aromatic N) is 2. The van der Waals surface area contributed by atoms with Gasteiger partial charge in [-0.1, -0.05) is 31.2 Å². The molecule has 32 heavy (non-hydrogen) atoms. The molecule has 2 N–H and O–H groups in total. The van der Waals surface area contributed by atoms with Crippen LogP contribution in [0.15, 0.2) is 34.5 Å². The molecular weight excluding hydrogens is 406 g/mol. The summed E-state index contributed by atoms with van der Waals surface area (Å²) in [5.74, 6) is 1.69. The summed E-state index contributed by atoms with van der Waals surface area (Å²) < 4.78 is 5.12. The quantitative estimate of drug-likeness (QED) is 0.608. The van der Waals surface area contributed by atoms with Crippen molar-refractivity contribution < 1.29 is 19.4 Å². The molecule has 4 unspecified atom stereocenters. The largest absolute Gasteiger partial charge is 0.468 e. The summed E-state index contributed by atoms with van der Waals surface area (Å²) in [5.41, 5.74) is 4.42. The number of amides is 1. The Morgan fingerprint density at radius 1 is 1.22 bits per heavy atom. The van der Waals surface area contributed by atoms with Crippen LogP contribution in [0.2, 0.25) is 0 Å². The van der Waals surface area contributed by atoms with Gasteiger partial charge in [0.25, 0.3) is 6.47 Å². The molecule has 1 aromatic rings. The standard InChI is InChI=1S/C25H33N3O4/c1-16-19-9-10-25(2)21(22(25)14-32-15-30)8-7-20(19)24(28-27-16)18-5-3-17(4-6-18)13-23(31)26-11-12-29/h3-6,15,19-22,29H,7-14H2,1-2H3,(H,26,31)/t19?,20?,21?,22?,25-/m1/s1. The fourth-order valence-corrected chi connectivity index (χ4v) is 5.96. The van der Waals surface area contributed by atoms with Gasteiger partial charge in [-0.05, 0) is 55.1 Å². The summed E-state index contributed by atoms with van der Waals surface area (Å²) in [7, 11) is 0. The van der Waals surface area contributed by atoms with Gasteiger partial charge in [0.1, 0.15) is 0 Å². The molecule has 172 valence electrons. The summed E-state index contributed by atoms with van der Waals surface area (Å²) >= 11 is 0. The molecule has 4 rings (SSSR count). The zero-order valence-electron chi connectivity index (χ0n) is 18.9. The fourth-order valence-electron chi connectivity index (χ4n) is 5.96. The first-order valence-electron chi connectivity index (χ1n) is 11.6. The molecule has 1 amide bonds. The molecule has 0 bridgehead atoms. The first-order valence-corrected chi connectivity index (χ1v) is 11.6. The number of aliphatic hydroxyl groups excluding tert-OH is 1. The Labute approximate surface area is 189 Å². The lowest BCUT2D eigenvalue weighted by molar-refractivity contribution is -0.129. The smallest absolute Gasteiger partial charge is 0.293 e. The highest BCUT2D eigenvalue weighted by Crippen LogP contribution is 2.65. The van der Waals surface area contributed by atoms with E-state index in [-0.39, 0.29) is 24.5 Å². The number of benzene rings is 1. The maximum Gasteiger partial charge on any atom is 0.293 e. The Morgan fingerprint density at radius 2 is 2.00 bits per heavy atom. The molecule has 5 atom stereocenters. The molecule has 1 aliphatic heterocycles. The van der Waals surface area contributed by atoms with E-state index in [0.717, 1.165) is 48.2 Å². The topological polar surface area (TPSA) is 100 Å². The Hall–Kier alpha value is -2.54. The third-order valence-electron chi connectivity index (χ3n) is 7.93. The van der Waals surface area contributed by atoms with Gasteiger partial charge in [-0.2, -0.15) is 10.2 Å². The van der Waals surface area contributed by atoms with E-state index in [9.17, 15) is 9.59 Å². The van der Waals surface area contributed by atoms with Crippen molar-refractivity contribution in [2.75, 3.05) is 19.8 Å². The van der Waals surface area contributed by atoms with Crippen molar-refractivity contribution in [2.24, 2.45) is 39.3 Å². The second-order valence-electron chi connectivity index (χ2n) is 9.65. The van der Waals surface area contributed by atoms with E-state index in [0.29, 0.717) is 43.2 Å². The third kappa shape index (κ3) is 4.49.